The van der Waals surface area contributed by atoms with Gasteiger partial charge in [-0.25, -0.2) is 18.1 Å². The third-order valence-corrected chi connectivity index (χ3v) is 6.05. The van der Waals surface area contributed by atoms with Crippen molar-refractivity contribution < 1.29 is 17.6 Å². The summed E-state index contributed by atoms with van der Waals surface area (Å²) < 4.78 is 31.9. The number of sulfonamides is 1. The van der Waals surface area contributed by atoms with E-state index in [1.807, 2.05) is 30.3 Å². The molecule has 0 unspecified atom stereocenters. The van der Waals surface area contributed by atoms with E-state index in [0.29, 0.717) is 10.8 Å². The van der Waals surface area contributed by atoms with Crippen molar-refractivity contribution in [1.82, 2.24) is 15.0 Å². The second kappa shape index (κ2) is 8.47. The van der Waals surface area contributed by atoms with Gasteiger partial charge in [0.15, 0.2) is 10.8 Å². The zero-order valence-corrected chi connectivity index (χ0v) is 16.3. The maximum atomic E-state index is 12.3. The molecule has 3 aromatic rings. The van der Waals surface area contributed by atoms with Crippen molar-refractivity contribution in [1.29, 1.82) is 0 Å². The van der Waals surface area contributed by atoms with Gasteiger partial charge in [-0.2, -0.15) is 0 Å². The Morgan fingerprint density at radius 2 is 1.96 bits per heavy atom. The number of hydrogen-bond acceptors (Lipinski definition) is 6. The van der Waals surface area contributed by atoms with Crippen LogP contribution in [0.1, 0.15) is 20.9 Å². The molecule has 0 saturated heterocycles. The SMILES string of the molecule is Cc1sc(-c2ccco2)nc1C(=O)NCCS(=O)(=O)NCc1ccccc1. The molecule has 0 fully saturated rings. The Kier molecular flexibility index (Phi) is 6.04. The maximum absolute atomic E-state index is 12.3. The van der Waals surface area contributed by atoms with Crippen LogP contribution in [0.3, 0.4) is 0 Å². The minimum atomic E-state index is -3.50. The molecule has 142 valence electrons. The van der Waals surface area contributed by atoms with Gasteiger partial charge in [-0.15, -0.1) is 11.3 Å². The lowest BCUT2D eigenvalue weighted by atomic mass is 10.2. The summed E-state index contributed by atoms with van der Waals surface area (Å²) in [5, 5.41) is 3.22. The van der Waals surface area contributed by atoms with Crippen molar-refractivity contribution >= 4 is 27.3 Å². The van der Waals surface area contributed by atoms with Crippen molar-refractivity contribution in [3.8, 4) is 10.8 Å². The number of furan rings is 1. The zero-order valence-electron chi connectivity index (χ0n) is 14.6. The molecular weight excluding hydrogens is 386 g/mol. The highest BCUT2D eigenvalue weighted by molar-refractivity contribution is 7.89. The minimum Gasteiger partial charge on any atom is -0.462 e. The Morgan fingerprint density at radius 3 is 2.67 bits per heavy atom. The number of aromatic nitrogens is 1. The number of nitrogens with one attached hydrogen (secondary N) is 2. The molecular formula is C18H19N3O4S2. The molecule has 27 heavy (non-hydrogen) atoms. The van der Waals surface area contributed by atoms with Crippen LogP contribution in [0.4, 0.5) is 0 Å². The van der Waals surface area contributed by atoms with Gasteiger partial charge in [0.1, 0.15) is 5.69 Å². The third-order valence-electron chi connectivity index (χ3n) is 3.74. The zero-order chi connectivity index (χ0) is 19.3. The van der Waals surface area contributed by atoms with Crippen molar-refractivity contribution in [2.75, 3.05) is 12.3 Å². The molecule has 3 rings (SSSR count). The minimum absolute atomic E-state index is 0.00396. The molecule has 9 heteroatoms. The average Bonchev–Trinajstić information content (AvgIpc) is 3.30. The van der Waals surface area contributed by atoms with Gasteiger partial charge in [0.2, 0.25) is 10.0 Å². The topological polar surface area (TPSA) is 101 Å². The van der Waals surface area contributed by atoms with E-state index in [4.69, 9.17) is 4.42 Å². The molecule has 0 spiro atoms. The monoisotopic (exact) mass is 405 g/mol. The molecule has 2 heterocycles. The molecule has 2 aromatic heterocycles. The first kappa shape index (κ1) is 19.3. The third kappa shape index (κ3) is 5.25. The van der Waals surface area contributed by atoms with E-state index in [9.17, 15) is 13.2 Å². The van der Waals surface area contributed by atoms with E-state index in [0.717, 1.165) is 10.4 Å². The summed E-state index contributed by atoms with van der Waals surface area (Å²) in [4.78, 5) is 17.3. The lowest BCUT2D eigenvalue weighted by Crippen LogP contribution is -2.34. The van der Waals surface area contributed by atoms with Gasteiger partial charge < -0.3 is 9.73 Å². The van der Waals surface area contributed by atoms with Gasteiger partial charge in [0, 0.05) is 18.0 Å². The van der Waals surface area contributed by atoms with Gasteiger partial charge in [0.05, 0.1) is 12.0 Å². The normalized spacial score (nSPS) is 11.4. The van der Waals surface area contributed by atoms with E-state index in [1.165, 1.54) is 11.3 Å². The van der Waals surface area contributed by atoms with Gasteiger partial charge >= 0.3 is 0 Å². The molecule has 0 bridgehead atoms. The number of carbonyl (C=O) groups excluding carboxylic acids is 1. The van der Waals surface area contributed by atoms with Crippen LogP contribution in [-0.4, -0.2) is 31.6 Å². The van der Waals surface area contributed by atoms with Crippen LogP contribution in [0.25, 0.3) is 10.8 Å². The summed E-state index contributed by atoms with van der Waals surface area (Å²) in [6.07, 6.45) is 1.54. The molecule has 0 aliphatic carbocycles. The van der Waals surface area contributed by atoms with E-state index < -0.39 is 15.9 Å². The van der Waals surface area contributed by atoms with Gasteiger partial charge in [-0.05, 0) is 24.6 Å². The summed E-state index contributed by atoms with van der Waals surface area (Å²) in [6, 6.07) is 12.8. The van der Waals surface area contributed by atoms with Crippen LogP contribution in [0.5, 0.6) is 0 Å². The predicted molar refractivity (Wildman–Crippen MR) is 104 cm³/mol. The second-order valence-corrected chi connectivity index (χ2v) is 8.91. The number of nitrogens with zero attached hydrogens (tertiary/aromatic N) is 1. The van der Waals surface area contributed by atoms with Crippen molar-refractivity contribution in [2.45, 2.75) is 13.5 Å². The lowest BCUT2D eigenvalue weighted by Gasteiger charge is -2.07. The standard InChI is InChI=1S/C18H19N3O4S2/c1-13-16(21-18(26-13)15-8-5-10-25-15)17(22)19-9-11-27(23,24)20-12-14-6-3-2-4-7-14/h2-8,10,20H,9,11-12H2,1H3,(H,19,22). The Labute approximate surface area is 161 Å². The predicted octanol–water partition coefficient (Wildman–Crippen LogP) is 2.56. The fourth-order valence-electron chi connectivity index (χ4n) is 2.36. The van der Waals surface area contributed by atoms with E-state index in [-0.39, 0.29) is 24.5 Å². The summed E-state index contributed by atoms with van der Waals surface area (Å²) in [7, 11) is -3.50. The molecule has 0 radical (unpaired) electrons. The Hall–Kier alpha value is -2.49. The first-order valence-corrected chi connectivity index (χ1v) is 10.7. The fraction of sp³-hybridized carbons (Fsp3) is 0.222. The van der Waals surface area contributed by atoms with Gasteiger partial charge in [-0.3, -0.25) is 4.79 Å². The van der Waals surface area contributed by atoms with Crippen molar-refractivity contribution in [3.63, 3.8) is 0 Å². The van der Waals surface area contributed by atoms with Crippen LogP contribution in [0.2, 0.25) is 0 Å². The lowest BCUT2D eigenvalue weighted by molar-refractivity contribution is 0.0951. The molecule has 2 N–H and O–H groups in total. The van der Waals surface area contributed by atoms with Crippen molar-refractivity contribution in [2.24, 2.45) is 0 Å². The molecule has 1 amide bonds. The Morgan fingerprint density at radius 1 is 1.19 bits per heavy atom. The highest BCUT2D eigenvalue weighted by Gasteiger charge is 2.18. The first-order valence-electron chi connectivity index (χ1n) is 8.25. The van der Waals surface area contributed by atoms with Gasteiger partial charge in [-0.1, -0.05) is 30.3 Å². The molecule has 0 atom stereocenters. The van der Waals surface area contributed by atoms with Crippen LogP contribution in [-0.2, 0) is 16.6 Å². The summed E-state index contributed by atoms with van der Waals surface area (Å²) in [5.41, 5.74) is 1.15. The van der Waals surface area contributed by atoms with E-state index in [2.05, 4.69) is 15.0 Å². The quantitative estimate of drug-likeness (QED) is 0.600. The Bertz CT molecular complexity index is 997. The summed E-state index contributed by atoms with van der Waals surface area (Å²) >= 11 is 1.35. The number of thiazole rings is 1. The van der Waals surface area contributed by atoms with E-state index >= 15 is 0 Å². The van der Waals surface area contributed by atoms with Gasteiger partial charge in [0.25, 0.3) is 5.91 Å². The first-order chi connectivity index (χ1) is 12.9. The highest BCUT2D eigenvalue weighted by Crippen LogP contribution is 2.27. The number of aryl methyl sites for hydroxylation is 1. The largest absolute Gasteiger partial charge is 0.462 e. The molecule has 0 saturated carbocycles. The number of hydrogen-bond donors (Lipinski definition) is 2. The van der Waals surface area contributed by atoms with E-state index in [1.54, 1.807) is 25.3 Å². The smallest absolute Gasteiger partial charge is 0.271 e. The number of amides is 1. The molecule has 0 aliphatic heterocycles. The van der Waals surface area contributed by atoms with Crippen LogP contribution >= 0.6 is 11.3 Å². The second-order valence-electron chi connectivity index (χ2n) is 5.78. The van der Waals surface area contributed by atoms with Crippen LogP contribution < -0.4 is 10.0 Å². The fourth-order valence-corrected chi connectivity index (χ4v) is 4.14. The molecule has 0 aliphatic rings. The van der Waals surface area contributed by atoms with Crippen LogP contribution in [0, 0.1) is 6.92 Å². The maximum Gasteiger partial charge on any atom is 0.271 e. The average molecular weight is 406 g/mol. The van der Waals surface area contributed by atoms with Crippen LogP contribution in [0.15, 0.2) is 53.1 Å². The number of carbonyl (C=O) groups is 1. The molecule has 7 nitrogen and oxygen atoms in total. The number of rotatable bonds is 8. The number of benzene rings is 1. The highest BCUT2D eigenvalue weighted by atomic mass is 32.2. The summed E-state index contributed by atoms with van der Waals surface area (Å²) in [6.45, 7) is 2.00. The summed E-state index contributed by atoms with van der Waals surface area (Å²) in [5.74, 6) is -0.0190. The Balaban J connectivity index is 1.52. The molecule has 1 aromatic carbocycles. The van der Waals surface area contributed by atoms with Crippen molar-refractivity contribution in [3.05, 3.63) is 64.9 Å².